The van der Waals surface area contributed by atoms with Crippen molar-refractivity contribution in [3.8, 4) is 11.1 Å². The van der Waals surface area contributed by atoms with E-state index in [0.29, 0.717) is 6.42 Å². The maximum Gasteiger partial charge on any atom is 0.407 e. The topological polar surface area (TPSA) is 84.9 Å². The number of amides is 1. The van der Waals surface area contributed by atoms with E-state index >= 15 is 0 Å². The Morgan fingerprint density at radius 3 is 2.16 bits per heavy atom. The second-order valence-electron chi connectivity index (χ2n) is 8.48. The largest absolute Gasteiger partial charge is 0.466 e. The molecule has 6 nitrogen and oxygen atoms in total. The van der Waals surface area contributed by atoms with E-state index < -0.39 is 29.6 Å². The molecule has 0 heterocycles. The third-order valence-corrected chi connectivity index (χ3v) is 4.67. The first-order valence-electron chi connectivity index (χ1n) is 10.6. The Hall–Kier alpha value is -2.86. The van der Waals surface area contributed by atoms with Crippen LogP contribution in [-0.2, 0) is 20.7 Å². The van der Waals surface area contributed by atoms with E-state index in [1.54, 1.807) is 27.7 Å². The molecule has 2 rings (SSSR count). The van der Waals surface area contributed by atoms with Gasteiger partial charge in [-0.25, -0.2) is 4.79 Å². The minimum absolute atomic E-state index is 0.237. The highest BCUT2D eigenvalue weighted by atomic mass is 16.6. The highest BCUT2D eigenvalue weighted by molar-refractivity contribution is 5.73. The molecule has 0 aliphatic rings. The third kappa shape index (κ3) is 8.42. The number of benzene rings is 2. The molecule has 0 radical (unpaired) electrons. The first kappa shape index (κ1) is 24.4. The summed E-state index contributed by atoms with van der Waals surface area (Å²) in [5.41, 5.74) is 2.59. The normalized spacial score (nSPS) is 13.2. The van der Waals surface area contributed by atoms with E-state index in [-0.39, 0.29) is 19.6 Å². The van der Waals surface area contributed by atoms with Crippen LogP contribution >= 0.6 is 0 Å². The van der Waals surface area contributed by atoms with Crippen molar-refractivity contribution in [2.45, 2.75) is 52.2 Å². The number of carbonyl (C=O) groups is 2. The number of aliphatic hydroxyl groups excluding tert-OH is 1. The summed E-state index contributed by atoms with van der Waals surface area (Å²) < 4.78 is 10.4. The Morgan fingerprint density at radius 2 is 1.61 bits per heavy atom. The number of hydrogen-bond acceptors (Lipinski definition) is 5. The fourth-order valence-electron chi connectivity index (χ4n) is 3.26. The van der Waals surface area contributed by atoms with Gasteiger partial charge in [0.15, 0.2) is 0 Å². The third-order valence-electron chi connectivity index (χ3n) is 4.67. The van der Waals surface area contributed by atoms with E-state index in [2.05, 4.69) is 5.32 Å². The molecule has 2 aromatic rings. The predicted molar refractivity (Wildman–Crippen MR) is 121 cm³/mol. The van der Waals surface area contributed by atoms with E-state index in [1.807, 2.05) is 54.6 Å². The molecule has 6 heteroatoms. The van der Waals surface area contributed by atoms with Crippen molar-refractivity contribution in [3.63, 3.8) is 0 Å². The number of nitrogens with one attached hydrogen (secondary N) is 1. The summed E-state index contributed by atoms with van der Waals surface area (Å²) in [7, 11) is 0. The fraction of sp³-hybridized carbons (Fsp3) is 0.440. The summed E-state index contributed by atoms with van der Waals surface area (Å²) in [6, 6.07) is 17.7. The van der Waals surface area contributed by atoms with E-state index in [9.17, 15) is 14.7 Å². The van der Waals surface area contributed by atoms with Crippen molar-refractivity contribution in [3.05, 3.63) is 60.2 Å². The van der Waals surface area contributed by atoms with Crippen molar-refractivity contribution in [2.75, 3.05) is 13.2 Å². The average Bonchev–Trinajstić information content (AvgIpc) is 2.71. The van der Waals surface area contributed by atoms with Crippen molar-refractivity contribution in [1.82, 2.24) is 5.32 Å². The van der Waals surface area contributed by atoms with Gasteiger partial charge in [-0.2, -0.15) is 0 Å². The SMILES string of the molecule is CCOC(=O)C(CO)C[C@@H](Cc1ccc(-c2ccccc2)cc1)NC(=O)OC(C)(C)C. The smallest absolute Gasteiger partial charge is 0.407 e. The minimum Gasteiger partial charge on any atom is -0.466 e. The summed E-state index contributed by atoms with van der Waals surface area (Å²) in [4.78, 5) is 24.5. The number of aliphatic hydroxyl groups is 1. The first-order chi connectivity index (χ1) is 14.7. The molecule has 0 bridgehead atoms. The number of ether oxygens (including phenoxy) is 2. The van der Waals surface area contributed by atoms with Gasteiger partial charge >= 0.3 is 12.1 Å². The first-order valence-corrected chi connectivity index (χ1v) is 10.6. The maximum absolute atomic E-state index is 12.4. The van der Waals surface area contributed by atoms with Crippen LogP contribution in [0.4, 0.5) is 4.79 Å². The number of rotatable bonds is 9. The van der Waals surface area contributed by atoms with Crippen LogP contribution in [0.1, 0.15) is 39.7 Å². The van der Waals surface area contributed by atoms with Crippen molar-refractivity contribution >= 4 is 12.1 Å². The van der Waals surface area contributed by atoms with Gasteiger partial charge in [-0.3, -0.25) is 4.79 Å². The van der Waals surface area contributed by atoms with Crippen LogP contribution in [0.5, 0.6) is 0 Å². The average molecular weight is 428 g/mol. The zero-order valence-corrected chi connectivity index (χ0v) is 18.8. The molecule has 2 aromatic carbocycles. The second-order valence-corrected chi connectivity index (χ2v) is 8.48. The van der Waals surface area contributed by atoms with Crippen molar-refractivity contribution in [2.24, 2.45) is 5.92 Å². The van der Waals surface area contributed by atoms with Gasteiger partial charge in [-0.15, -0.1) is 0 Å². The van der Waals surface area contributed by atoms with E-state index in [0.717, 1.165) is 16.7 Å². The quantitative estimate of drug-likeness (QED) is 0.581. The molecule has 0 spiro atoms. The van der Waals surface area contributed by atoms with Crippen molar-refractivity contribution < 1.29 is 24.2 Å². The van der Waals surface area contributed by atoms with Gasteiger partial charge in [0.05, 0.1) is 19.1 Å². The predicted octanol–water partition coefficient (Wildman–Crippen LogP) is 4.35. The molecule has 0 saturated heterocycles. The molecular weight excluding hydrogens is 394 g/mol. The number of esters is 1. The van der Waals surface area contributed by atoms with Gasteiger partial charge in [-0.05, 0) is 57.2 Å². The van der Waals surface area contributed by atoms with Crippen LogP contribution in [-0.4, -0.2) is 42.0 Å². The highest BCUT2D eigenvalue weighted by Crippen LogP contribution is 2.21. The van der Waals surface area contributed by atoms with Gasteiger partial charge < -0.3 is 19.9 Å². The molecule has 2 N–H and O–H groups in total. The summed E-state index contributed by atoms with van der Waals surface area (Å²) in [5.74, 6) is -1.19. The lowest BCUT2D eigenvalue weighted by Gasteiger charge is -2.25. The fourth-order valence-corrected chi connectivity index (χ4v) is 3.26. The molecule has 1 unspecified atom stereocenters. The Labute approximate surface area is 184 Å². The van der Waals surface area contributed by atoms with Crippen LogP contribution in [0.2, 0.25) is 0 Å². The van der Waals surface area contributed by atoms with Crippen LogP contribution < -0.4 is 5.32 Å². The summed E-state index contributed by atoms with van der Waals surface area (Å²) >= 11 is 0. The monoisotopic (exact) mass is 427 g/mol. The van der Waals surface area contributed by atoms with Crippen molar-refractivity contribution in [1.29, 1.82) is 0 Å². The van der Waals surface area contributed by atoms with E-state index in [4.69, 9.17) is 9.47 Å². The van der Waals surface area contributed by atoms with Gasteiger partial charge in [0.2, 0.25) is 0 Å². The molecule has 0 aromatic heterocycles. The van der Waals surface area contributed by atoms with Gasteiger partial charge in [0, 0.05) is 6.04 Å². The summed E-state index contributed by atoms with van der Waals surface area (Å²) in [5, 5.41) is 12.5. The number of alkyl carbamates (subject to hydrolysis) is 1. The standard InChI is InChI=1S/C25H33NO5/c1-5-30-23(28)21(17-27)16-22(26-24(29)31-25(2,3)4)15-18-11-13-20(14-12-18)19-9-7-6-8-10-19/h6-14,21-22,27H,5,15-17H2,1-4H3,(H,26,29)/t21?,22-/m1/s1. The molecule has 168 valence electrons. The zero-order chi connectivity index (χ0) is 22.9. The molecule has 0 aliphatic carbocycles. The molecule has 2 atom stereocenters. The number of carbonyl (C=O) groups excluding carboxylic acids is 2. The molecule has 0 aliphatic heterocycles. The lowest BCUT2D eigenvalue weighted by molar-refractivity contribution is -0.149. The lowest BCUT2D eigenvalue weighted by Crippen LogP contribution is -2.42. The molecular formula is C25H33NO5. The highest BCUT2D eigenvalue weighted by Gasteiger charge is 2.26. The van der Waals surface area contributed by atoms with Gasteiger partial charge in [0.1, 0.15) is 5.60 Å². The lowest BCUT2D eigenvalue weighted by atomic mass is 9.94. The Morgan fingerprint density at radius 1 is 1.00 bits per heavy atom. The Kier molecular flexibility index (Phi) is 9.06. The maximum atomic E-state index is 12.4. The molecule has 1 amide bonds. The van der Waals surface area contributed by atoms with Crippen LogP contribution in [0.3, 0.4) is 0 Å². The Balaban J connectivity index is 2.14. The number of hydrogen-bond donors (Lipinski definition) is 2. The summed E-state index contributed by atoms with van der Waals surface area (Å²) in [6.07, 6.45) is 0.179. The zero-order valence-electron chi connectivity index (χ0n) is 18.8. The Bertz CT molecular complexity index is 827. The summed E-state index contributed by atoms with van der Waals surface area (Å²) in [6.45, 7) is 6.98. The van der Waals surface area contributed by atoms with Crippen LogP contribution in [0, 0.1) is 5.92 Å². The van der Waals surface area contributed by atoms with Gasteiger partial charge in [0.25, 0.3) is 0 Å². The second kappa shape index (κ2) is 11.5. The van der Waals surface area contributed by atoms with Gasteiger partial charge in [-0.1, -0.05) is 54.6 Å². The van der Waals surface area contributed by atoms with Crippen LogP contribution in [0.15, 0.2) is 54.6 Å². The van der Waals surface area contributed by atoms with Crippen LogP contribution in [0.25, 0.3) is 11.1 Å². The molecule has 31 heavy (non-hydrogen) atoms. The minimum atomic E-state index is -0.719. The molecule has 0 fully saturated rings. The molecule has 0 saturated carbocycles. The van der Waals surface area contributed by atoms with E-state index in [1.165, 1.54) is 0 Å².